The Kier molecular flexibility index (Phi) is 10.5. The van der Waals surface area contributed by atoms with Gasteiger partial charge in [-0.15, -0.1) is 0 Å². The Morgan fingerprint density at radius 2 is 1.58 bits per heavy atom. The molecule has 0 heterocycles. The summed E-state index contributed by atoms with van der Waals surface area (Å²) in [4.78, 5) is 25.1. The number of Topliss-reactive ketones (excluding diaryl/α,β-unsaturated/α-hetero) is 1. The topological polar surface area (TPSA) is 37.4 Å². The highest BCUT2D eigenvalue weighted by Crippen LogP contribution is 2.07. The molecule has 3 nitrogen and oxygen atoms in total. The first kappa shape index (κ1) is 18.1. The molecule has 0 rings (SSSR count). The van der Waals surface area contributed by atoms with Crippen LogP contribution in [0.2, 0.25) is 0 Å². The molecule has 0 aliphatic carbocycles. The van der Waals surface area contributed by atoms with Crippen molar-refractivity contribution in [1.82, 2.24) is 4.90 Å². The van der Waals surface area contributed by atoms with E-state index in [1.165, 1.54) is 19.3 Å². The highest BCUT2D eigenvalue weighted by atomic mass is 16.2. The predicted octanol–water partition coefficient (Wildman–Crippen LogP) is 3.81. The minimum absolute atomic E-state index is 0.111. The maximum Gasteiger partial charge on any atom is 0.222 e. The minimum Gasteiger partial charge on any atom is -0.346 e. The number of nitrogens with zero attached hydrogens (tertiary/aromatic N) is 1. The van der Waals surface area contributed by atoms with E-state index in [2.05, 4.69) is 6.92 Å². The van der Waals surface area contributed by atoms with Gasteiger partial charge in [0.05, 0.1) is 0 Å². The molecule has 0 aliphatic rings. The molecule has 0 atom stereocenters. The summed E-state index contributed by atoms with van der Waals surface area (Å²) in [6, 6.07) is 0. The third-order valence-electron chi connectivity index (χ3n) is 3.48. The van der Waals surface area contributed by atoms with Crippen molar-refractivity contribution in [2.75, 3.05) is 13.6 Å². The van der Waals surface area contributed by atoms with Gasteiger partial charge < -0.3 is 4.90 Å². The molecule has 0 aromatic rings. The standard InChI is InChI=1S/C16H31NO2/c1-5-6-7-8-9-12-16(19)17(4)13-10-11-15(18)14(2)3/h14H,5-13H2,1-4H3. The van der Waals surface area contributed by atoms with Gasteiger partial charge in [0.2, 0.25) is 5.91 Å². The molecule has 112 valence electrons. The van der Waals surface area contributed by atoms with E-state index in [9.17, 15) is 9.59 Å². The van der Waals surface area contributed by atoms with Crippen LogP contribution in [0.5, 0.6) is 0 Å². The summed E-state index contributed by atoms with van der Waals surface area (Å²) >= 11 is 0. The second-order valence-electron chi connectivity index (χ2n) is 5.70. The van der Waals surface area contributed by atoms with E-state index in [-0.39, 0.29) is 11.8 Å². The monoisotopic (exact) mass is 269 g/mol. The number of carbonyl (C=O) groups is 2. The lowest BCUT2D eigenvalue weighted by Crippen LogP contribution is -2.28. The zero-order valence-corrected chi connectivity index (χ0v) is 13.2. The fraction of sp³-hybridized carbons (Fsp3) is 0.875. The summed E-state index contributed by atoms with van der Waals surface area (Å²) in [5.74, 6) is 0.619. The van der Waals surface area contributed by atoms with E-state index in [0.29, 0.717) is 25.2 Å². The quantitative estimate of drug-likeness (QED) is 0.535. The molecule has 0 N–H and O–H groups in total. The van der Waals surface area contributed by atoms with Gasteiger partial charge in [0, 0.05) is 32.4 Å². The number of amides is 1. The van der Waals surface area contributed by atoms with Crippen molar-refractivity contribution in [3.63, 3.8) is 0 Å². The third-order valence-corrected chi connectivity index (χ3v) is 3.48. The normalized spacial score (nSPS) is 10.8. The lowest BCUT2D eigenvalue weighted by atomic mass is 10.0. The Morgan fingerprint density at radius 1 is 0.947 bits per heavy atom. The summed E-state index contributed by atoms with van der Waals surface area (Å²) < 4.78 is 0. The maximum atomic E-state index is 11.8. The molecule has 0 spiro atoms. The first-order valence-electron chi connectivity index (χ1n) is 7.75. The Hall–Kier alpha value is -0.860. The molecule has 0 bridgehead atoms. The fourth-order valence-electron chi connectivity index (χ4n) is 1.97. The van der Waals surface area contributed by atoms with Crippen LogP contribution in [0.3, 0.4) is 0 Å². The van der Waals surface area contributed by atoms with Gasteiger partial charge >= 0.3 is 0 Å². The summed E-state index contributed by atoms with van der Waals surface area (Å²) in [7, 11) is 1.84. The van der Waals surface area contributed by atoms with E-state index >= 15 is 0 Å². The van der Waals surface area contributed by atoms with Crippen LogP contribution in [0, 0.1) is 5.92 Å². The molecule has 0 aliphatic heterocycles. The lowest BCUT2D eigenvalue weighted by Gasteiger charge is -2.17. The van der Waals surface area contributed by atoms with Crippen molar-refractivity contribution >= 4 is 11.7 Å². The number of ketones is 1. The van der Waals surface area contributed by atoms with Gasteiger partial charge in [-0.25, -0.2) is 0 Å². The fourth-order valence-corrected chi connectivity index (χ4v) is 1.97. The number of unbranched alkanes of at least 4 members (excludes halogenated alkanes) is 4. The van der Waals surface area contributed by atoms with Crippen LogP contribution in [0.1, 0.15) is 72.1 Å². The van der Waals surface area contributed by atoms with Crippen molar-refractivity contribution in [3.8, 4) is 0 Å². The Labute approximate surface area is 118 Å². The van der Waals surface area contributed by atoms with Gasteiger partial charge in [0.25, 0.3) is 0 Å². The zero-order chi connectivity index (χ0) is 14.7. The van der Waals surface area contributed by atoms with Gasteiger partial charge in [-0.2, -0.15) is 0 Å². The molecule has 0 aromatic carbocycles. The van der Waals surface area contributed by atoms with Crippen molar-refractivity contribution in [1.29, 1.82) is 0 Å². The van der Waals surface area contributed by atoms with Crippen molar-refractivity contribution in [3.05, 3.63) is 0 Å². The van der Waals surface area contributed by atoms with Crippen molar-refractivity contribution in [2.45, 2.75) is 72.1 Å². The highest BCUT2D eigenvalue weighted by molar-refractivity contribution is 5.80. The van der Waals surface area contributed by atoms with Crippen molar-refractivity contribution < 1.29 is 9.59 Å². The van der Waals surface area contributed by atoms with Crippen LogP contribution in [-0.2, 0) is 9.59 Å². The van der Waals surface area contributed by atoms with Crippen molar-refractivity contribution in [2.24, 2.45) is 5.92 Å². The molecule has 0 unspecified atom stereocenters. The number of rotatable bonds is 11. The number of hydrogen-bond donors (Lipinski definition) is 0. The van der Waals surface area contributed by atoms with E-state index in [1.807, 2.05) is 20.9 Å². The summed E-state index contributed by atoms with van der Waals surface area (Å²) in [5.41, 5.74) is 0. The summed E-state index contributed by atoms with van der Waals surface area (Å²) in [5, 5.41) is 0. The Morgan fingerprint density at radius 3 is 2.16 bits per heavy atom. The minimum atomic E-state index is 0.111. The predicted molar refractivity (Wildman–Crippen MR) is 80.1 cm³/mol. The van der Waals surface area contributed by atoms with E-state index in [1.54, 1.807) is 4.90 Å². The zero-order valence-electron chi connectivity index (χ0n) is 13.2. The Balaban J connectivity index is 3.62. The average Bonchev–Trinajstić information content (AvgIpc) is 2.37. The SMILES string of the molecule is CCCCCCCC(=O)N(C)CCCC(=O)C(C)C. The highest BCUT2D eigenvalue weighted by Gasteiger charge is 2.10. The molecule has 0 saturated carbocycles. The van der Waals surface area contributed by atoms with Crippen LogP contribution in [-0.4, -0.2) is 30.2 Å². The number of carbonyl (C=O) groups excluding carboxylic acids is 2. The van der Waals surface area contributed by atoms with Crippen LogP contribution in [0.4, 0.5) is 0 Å². The van der Waals surface area contributed by atoms with Crippen LogP contribution >= 0.6 is 0 Å². The smallest absolute Gasteiger partial charge is 0.222 e. The van der Waals surface area contributed by atoms with Gasteiger partial charge in [0.15, 0.2) is 0 Å². The molecular weight excluding hydrogens is 238 g/mol. The van der Waals surface area contributed by atoms with E-state index < -0.39 is 0 Å². The average molecular weight is 269 g/mol. The van der Waals surface area contributed by atoms with Gasteiger partial charge in [0.1, 0.15) is 5.78 Å². The molecule has 3 heteroatoms. The molecule has 0 aromatic heterocycles. The molecule has 0 radical (unpaired) electrons. The first-order valence-corrected chi connectivity index (χ1v) is 7.75. The first-order chi connectivity index (χ1) is 8.99. The summed E-state index contributed by atoms with van der Waals surface area (Å²) in [6.07, 6.45) is 7.90. The maximum absolute atomic E-state index is 11.8. The van der Waals surface area contributed by atoms with E-state index in [0.717, 1.165) is 19.3 Å². The third kappa shape index (κ3) is 9.69. The van der Waals surface area contributed by atoms with Gasteiger partial charge in [-0.3, -0.25) is 9.59 Å². The second kappa shape index (κ2) is 11.0. The molecule has 19 heavy (non-hydrogen) atoms. The van der Waals surface area contributed by atoms with Gasteiger partial charge in [-0.05, 0) is 12.8 Å². The van der Waals surface area contributed by atoms with Crippen LogP contribution in [0.25, 0.3) is 0 Å². The number of hydrogen-bond acceptors (Lipinski definition) is 2. The molecule has 0 fully saturated rings. The lowest BCUT2D eigenvalue weighted by molar-refractivity contribution is -0.130. The second-order valence-corrected chi connectivity index (χ2v) is 5.70. The van der Waals surface area contributed by atoms with E-state index in [4.69, 9.17) is 0 Å². The summed E-state index contributed by atoms with van der Waals surface area (Å²) in [6.45, 7) is 6.74. The largest absolute Gasteiger partial charge is 0.346 e. The molecule has 1 amide bonds. The Bertz CT molecular complexity index is 261. The van der Waals surface area contributed by atoms with Gasteiger partial charge in [-0.1, -0.05) is 46.5 Å². The molecular formula is C16H31NO2. The van der Waals surface area contributed by atoms with Crippen LogP contribution < -0.4 is 0 Å². The molecule has 0 saturated heterocycles. The van der Waals surface area contributed by atoms with Crippen LogP contribution in [0.15, 0.2) is 0 Å².